The lowest BCUT2D eigenvalue weighted by Gasteiger charge is -2.00. The Morgan fingerprint density at radius 1 is 1.55 bits per heavy atom. The monoisotopic (exact) mass is 178 g/mol. The van der Waals surface area contributed by atoms with E-state index in [1.165, 1.54) is 6.08 Å². The van der Waals surface area contributed by atoms with E-state index in [2.05, 4.69) is 10.8 Å². The van der Waals surface area contributed by atoms with Crippen LogP contribution in [0.15, 0.2) is 12.7 Å². The Morgan fingerprint density at radius 2 is 2.18 bits per heavy atom. The van der Waals surface area contributed by atoms with Gasteiger partial charge in [-0.15, -0.1) is 6.58 Å². The molecule has 0 unspecified atom stereocenters. The quantitative estimate of drug-likeness (QED) is 0.455. The normalized spacial score (nSPS) is 11.4. The molecule has 0 aliphatic carbocycles. The first kappa shape index (κ1) is 10.7. The molecule has 11 heavy (non-hydrogen) atoms. The molecule has 3 nitrogen and oxygen atoms in total. The average molecular weight is 178 g/mol. The summed E-state index contributed by atoms with van der Waals surface area (Å²) >= 11 is 0. The number of unbranched alkanes of at least 4 members (excludes halogenated alkanes) is 1. The van der Waals surface area contributed by atoms with E-state index in [0.717, 1.165) is 6.42 Å². The van der Waals surface area contributed by atoms with Crippen LogP contribution in [0, 0.1) is 0 Å². The minimum absolute atomic E-state index is 0.0754. The highest BCUT2D eigenvalue weighted by molar-refractivity contribution is 7.86. The molecule has 0 N–H and O–H groups in total. The summed E-state index contributed by atoms with van der Waals surface area (Å²) in [5, 5.41) is 0. The van der Waals surface area contributed by atoms with E-state index in [4.69, 9.17) is 0 Å². The van der Waals surface area contributed by atoms with Crippen molar-refractivity contribution >= 4 is 10.1 Å². The molecule has 0 heterocycles. The van der Waals surface area contributed by atoms with Crippen LogP contribution in [0.1, 0.15) is 19.8 Å². The second kappa shape index (κ2) is 5.32. The molecule has 0 aromatic rings. The molecular formula is C7H14O3S. The average Bonchev–Trinajstić information content (AvgIpc) is 1.97. The first-order valence-corrected chi connectivity index (χ1v) is 5.18. The van der Waals surface area contributed by atoms with Gasteiger partial charge in [-0.3, -0.25) is 4.18 Å². The van der Waals surface area contributed by atoms with E-state index in [-0.39, 0.29) is 12.4 Å². The molecule has 0 aliphatic rings. The van der Waals surface area contributed by atoms with Crippen LogP contribution in [-0.4, -0.2) is 20.8 Å². The Hall–Kier alpha value is -0.350. The van der Waals surface area contributed by atoms with Gasteiger partial charge < -0.3 is 0 Å². The van der Waals surface area contributed by atoms with E-state index < -0.39 is 10.1 Å². The summed E-state index contributed by atoms with van der Waals surface area (Å²) in [5.74, 6) is 0.108. The van der Waals surface area contributed by atoms with Crippen molar-refractivity contribution in [1.82, 2.24) is 0 Å². The fraction of sp³-hybridized carbons (Fsp3) is 0.714. The smallest absolute Gasteiger partial charge is 0.266 e. The maximum absolute atomic E-state index is 10.9. The fourth-order valence-corrected chi connectivity index (χ4v) is 1.60. The van der Waals surface area contributed by atoms with E-state index in [9.17, 15) is 8.42 Å². The lowest BCUT2D eigenvalue weighted by molar-refractivity contribution is 0.356. The van der Waals surface area contributed by atoms with Crippen molar-refractivity contribution in [3.63, 3.8) is 0 Å². The van der Waals surface area contributed by atoms with Gasteiger partial charge in [-0.1, -0.05) is 19.4 Å². The maximum atomic E-state index is 10.9. The summed E-state index contributed by atoms with van der Waals surface area (Å²) in [7, 11) is -3.28. The van der Waals surface area contributed by atoms with Crippen LogP contribution >= 0.6 is 0 Å². The maximum Gasteiger partial charge on any atom is 0.267 e. The molecule has 0 aromatic heterocycles. The molecule has 0 rings (SSSR count). The predicted molar refractivity (Wildman–Crippen MR) is 44.8 cm³/mol. The molecule has 0 spiro atoms. The van der Waals surface area contributed by atoms with Crippen molar-refractivity contribution in [3.8, 4) is 0 Å². The fourth-order valence-electron chi connectivity index (χ4n) is 0.532. The zero-order valence-corrected chi connectivity index (χ0v) is 7.56. The highest BCUT2D eigenvalue weighted by Crippen LogP contribution is 1.98. The summed E-state index contributed by atoms with van der Waals surface area (Å²) < 4.78 is 26.3. The topological polar surface area (TPSA) is 43.4 Å². The summed E-state index contributed by atoms with van der Waals surface area (Å²) in [6, 6.07) is 0. The lowest BCUT2D eigenvalue weighted by atomic mass is 10.4. The zero-order valence-electron chi connectivity index (χ0n) is 6.75. The molecule has 0 bridgehead atoms. The highest BCUT2D eigenvalue weighted by atomic mass is 32.2. The second-order valence-corrected chi connectivity index (χ2v) is 3.95. The minimum Gasteiger partial charge on any atom is -0.266 e. The van der Waals surface area contributed by atoms with Gasteiger partial charge in [-0.25, -0.2) is 0 Å². The van der Waals surface area contributed by atoms with Crippen molar-refractivity contribution in [2.45, 2.75) is 19.8 Å². The van der Waals surface area contributed by atoms with Crippen LogP contribution in [-0.2, 0) is 14.3 Å². The molecule has 0 fully saturated rings. The molecule has 0 aromatic carbocycles. The van der Waals surface area contributed by atoms with Gasteiger partial charge in [0.25, 0.3) is 10.1 Å². The van der Waals surface area contributed by atoms with Crippen molar-refractivity contribution in [1.29, 1.82) is 0 Å². The van der Waals surface area contributed by atoms with Gasteiger partial charge in [0.15, 0.2) is 0 Å². The second-order valence-electron chi connectivity index (χ2n) is 2.19. The van der Waals surface area contributed by atoms with Crippen LogP contribution in [0.4, 0.5) is 0 Å². The van der Waals surface area contributed by atoms with E-state index in [1.807, 2.05) is 6.92 Å². The van der Waals surface area contributed by atoms with Gasteiger partial charge in [0, 0.05) is 0 Å². The SMILES string of the molecule is C=CCOS(=O)(=O)CCCC. The first-order valence-electron chi connectivity index (χ1n) is 3.60. The lowest BCUT2D eigenvalue weighted by Crippen LogP contribution is -2.10. The van der Waals surface area contributed by atoms with Crippen molar-refractivity contribution in [3.05, 3.63) is 12.7 Å². The van der Waals surface area contributed by atoms with Crippen LogP contribution in [0.3, 0.4) is 0 Å². The molecule has 0 aliphatic heterocycles. The van der Waals surface area contributed by atoms with Crippen LogP contribution in [0.25, 0.3) is 0 Å². The molecule has 4 heteroatoms. The Labute approximate surface area is 68.2 Å². The third kappa shape index (κ3) is 6.06. The number of hydrogen-bond acceptors (Lipinski definition) is 3. The van der Waals surface area contributed by atoms with Crippen LogP contribution in [0.5, 0.6) is 0 Å². The summed E-state index contributed by atoms with van der Waals surface area (Å²) in [4.78, 5) is 0. The van der Waals surface area contributed by atoms with Crippen molar-refractivity contribution < 1.29 is 12.6 Å². The van der Waals surface area contributed by atoms with E-state index in [0.29, 0.717) is 6.42 Å². The van der Waals surface area contributed by atoms with Gasteiger partial charge in [-0.05, 0) is 6.42 Å². The van der Waals surface area contributed by atoms with E-state index >= 15 is 0 Å². The number of rotatable bonds is 6. The van der Waals surface area contributed by atoms with E-state index in [1.54, 1.807) is 0 Å². The Bertz CT molecular complexity index is 194. The Kier molecular flexibility index (Phi) is 5.15. The zero-order chi connectivity index (χ0) is 8.74. The van der Waals surface area contributed by atoms with Crippen molar-refractivity contribution in [2.75, 3.05) is 12.4 Å². The highest BCUT2D eigenvalue weighted by Gasteiger charge is 2.07. The summed E-state index contributed by atoms with van der Waals surface area (Å²) in [6.45, 7) is 5.36. The molecule has 0 radical (unpaired) electrons. The summed E-state index contributed by atoms with van der Waals surface area (Å²) in [6.07, 6.45) is 2.93. The molecule has 0 amide bonds. The van der Waals surface area contributed by atoms with Crippen molar-refractivity contribution in [2.24, 2.45) is 0 Å². The molecule has 66 valence electrons. The van der Waals surface area contributed by atoms with Gasteiger partial charge >= 0.3 is 0 Å². The molecule has 0 saturated heterocycles. The Morgan fingerprint density at radius 3 is 2.64 bits per heavy atom. The molecule has 0 atom stereocenters. The van der Waals surface area contributed by atoms with Crippen LogP contribution in [0.2, 0.25) is 0 Å². The standard InChI is InChI=1S/C7H14O3S/c1-3-5-7-11(8,9)10-6-4-2/h4H,2-3,5-7H2,1H3. The first-order chi connectivity index (χ1) is 5.12. The third-order valence-corrected chi connectivity index (χ3v) is 2.40. The van der Waals surface area contributed by atoms with Gasteiger partial charge in [-0.2, -0.15) is 8.42 Å². The third-order valence-electron chi connectivity index (χ3n) is 1.11. The Balaban J connectivity index is 3.71. The molecular weight excluding hydrogens is 164 g/mol. The predicted octanol–water partition coefficient (Wildman–Crippen LogP) is 1.32. The largest absolute Gasteiger partial charge is 0.267 e. The minimum atomic E-state index is -3.28. The number of hydrogen-bond donors (Lipinski definition) is 0. The van der Waals surface area contributed by atoms with Gasteiger partial charge in [0.1, 0.15) is 0 Å². The molecule has 0 saturated carbocycles. The van der Waals surface area contributed by atoms with Gasteiger partial charge in [0.05, 0.1) is 12.4 Å². The van der Waals surface area contributed by atoms with Gasteiger partial charge in [0.2, 0.25) is 0 Å². The van der Waals surface area contributed by atoms with Crippen LogP contribution < -0.4 is 0 Å². The summed E-state index contributed by atoms with van der Waals surface area (Å²) in [5.41, 5.74) is 0.